The van der Waals surface area contributed by atoms with Crippen LogP contribution in [0, 0.1) is 0 Å². The summed E-state index contributed by atoms with van der Waals surface area (Å²) in [6.07, 6.45) is 0.613. The average molecular weight is 335 g/mol. The minimum Gasteiger partial charge on any atom is -0.497 e. The van der Waals surface area contributed by atoms with Gasteiger partial charge in [-0.25, -0.2) is 14.3 Å². The molecule has 2 heterocycles. The molecule has 0 spiro atoms. The first-order valence-electron chi connectivity index (χ1n) is 7.02. The number of nitrogens with zero attached hydrogens (tertiary/aromatic N) is 3. The number of hydrogen-bond donors (Lipinski definition) is 1. The van der Waals surface area contributed by atoms with Gasteiger partial charge in [0.25, 0.3) is 5.56 Å². The first-order chi connectivity index (χ1) is 11.0. The lowest BCUT2D eigenvalue weighted by atomic mass is 10.3. The molecule has 3 aromatic rings. The molecule has 0 saturated heterocycles. The van der Waals surface area contributed by atoms with Crippen LogP contribution in [0.25, 0.3) is 16.9 Å². The van der Waals surface area contributed by atoms with Crippen LogP contribution >= 0.6 is 11.6 Å². The zero-order chi connectivity index (χ0) is 16.7. The molecule has 0 amide bonds. The van der Waals surface area contributed by atoms with E-state index >= 15 is 0 Å². The smallest absolute Gasteiger partial charge is 0.337 e. The summed E-state index contributed by atoms with van der Waals surface area (Å²) < 4.78 is 7.47. The summed E-state index contributed by atoms with van der Waals surface area (Å²) in [7, 11) is 2.95. The second kappa shape index (κ2) is 5.58. The molecular formula is C15H15ClN4O3. The Hall–Kier alpha value is -2.54. The van der Waals surface area contributed by atoms with Gasteiger partial charge in [0.05, 0.1) is 17.8 Å². The fourth-order valence-electron chi connectivity index (χ4n) is 2.40. The number of imidazole rings is 1. The van der Waals surface area contributed by atoms with Crippen LogP contribution in [0.4, 0.5) is 0 Å². The predicted octanol–water partition coefficient (Wildman–Crippen LogP) is 1.64. The van der Waals surface area contributed by atoms with Crippen molar-refractivity contribution in [2.75, 3.05) is 7.11 Å². The normalized spacial score (nSPS) is 11.1. The number of halogens is 1. The van der Waals surface area contributed by atoms with Gasteiger partial charge in [-0.3, -0.25) is 9.36 Å². The first kappa shape index (κ1) is 15.4. The molecule has 3 rings (SSSR count). The summed E-state index contributed by atoms with van der Waals surface area (Å²) in [5.74, 6) is 1.20. The second-order valence-electron chi connectivity index (χ2n) is 5.04. The molecule has 0 atom stereocenters. The fraction of sp³-hybridized carbons (Fsp3) is 0.267. The van der Waals surface area contributed by atoms with Crippen molar-refractivity contribution < 1.29 is 4.74 Å². The van der Waals surface area contributed by atoms with Crippen molar-refractivity contribution in [3.63, 3.8) is 0 Å². The van der Waals surface area contributed by atoms with Crippen LogP contribution in [-0.2, 0) is 13.5 Å². The van der Waals surface area contributed by atoms with Gasteiger partial charge in [-0.15, -0.1) is 0 Å². The molecule has 0 bridgehead atoms. The Labute approximate surface area is 136 Å². The minimum atomic E-state index is -0.510. The number of ether oxygens (including phenoxy) is 1. The Kier molecular flexibility index (Phi) is 3.73. The van der Waals surface area contributed by atoms with Crippen LogP contribution in [0.15, 0.2) is 27.8 Å². The van der Waals surface area contributed by atoms with E-state index in [0.29, 0.717) is 28.7 Å². The van der Waals surface area contributed by atoms with Crippen LogP contribution in [0.3, 0.4) is 0 Å². The number of rotatable bonds is 3. The van der Waals surface area contributed by atoms with E-state index in [2.05, 4.69) is 9.97 Å². The Morgan fingerprint density at radius 1 is 1.35 bits per heavy atom. The number of hydrogen-bond acceptors (Lipinski definition) is 4. The van der Waals surface area contributed by atoms with Crippen molar-refractivity contribution in [2.45, 2.75) is 13.3 Å². The summed E-state index contributed by atoms with van der Waals surface area (Å²) >= 11 is 6.28. The van der Waals surface area contributed by atoms with E-state index in [1.165, 1.54) is 18.7 Å². The van der Waals surface area contributed by atoms with Crippen molar-refractivity contribution in [3.05, 3.63) is 49.9 Å². The maximum absolute atomic E-state index is 12.6. The van der Waals surface area contributed by atoms with Gasteiger partial charge in [0.2, 0.25) is 0 Å². The third-order valence-electron chi connectivity index (χ3n) is 3.67. The van der Waals surface area contributed by atoms with Crippen molar-refractivity contribution in [1.29, 1.82) is 0 Å². The summed E-state index contributed by atoms with van der Waals surface area (Å²) in [5, 5.41) is 0.326. The first-order valence-corrected chi connectivity index (χ1v) is 7.40. The molecule has 0 aliphatic carbocycles. The topological polar surface area (TPSA) is 81.9 Å². The third kappa shape index (κ3) is 2.33. The molecule has 0 radical (unpaired) electrons. The number of methoxy groups -OCH3 is 1. The maximum Gasteiger partial charge on any atom is 0.337 e. The highest BCUT2D eigenvalue weighted by Gasteiger charge is 2.18. The molecule has 0 unspecified atom stereocenters. The van der Waals surface area contributed by atoms with E-state index in [0.717, 1.165) is 4.57 Å². The van der Waals surface area contributed by atoms with Crippen LogP contribution in [0.1, 0.15) is 12.7 Å². The monoisotopic (exact) mass is 334 g/mol. The molecule has 7 nitrogen and oxygen atoms in total. The van der Waals surface area contributed by atoms with Gasteiger partial charge < -0.3 is 9.72 Å². The van der Waals surface area contributed by atoms with E-state index in [9.17, 15) is 9.59 Å². The highest BCUT2D eigenvalue weighted by Crippen LogP contribution is 2.26. The SMILES string of the molecule is CCc1nc2c([nH]1)c(=O)n(C)c(=O)n2-c1ccc(OC)cc1Cl. The molecule has 0 saturated carbocycles. The molecule has 23 heavy (non-hydrogen) atoms. The zero-order valence-corrected chi connectivity index (χ0v) is 13.6. The van der Waals surface area contributed by atoms with Crippen LogP contribution in [-0.4, -0.2) is 26.2 Å². The van der Waals surface area contributed by atoms with E-state index in [1.54, 1.807) is 18.2 Å². The Bertz CT molecular complexity index is 1020. The van der Waals surface area contributed by atoms with Gasteiger partial charge in [-0.05, 0) is 12.1 Å². The molecule has 2 aromatic heterocycles. The Morgan fingerprint density at radius 2 is 2.09 bits per heavy atom. The molecular weight excluding hydrogens is 320 g/mol. The summed E-state index contributed by atoms with van der Waals surface area (Å²) in [6.45, 7) is 1.91. The summed E-state index contributed by atoms with van der Waals surface area (Å²) in [5.41, 5.74) is 0.0480. The molecule has 1 N–H and O–H groups in total. The van der Waals surface area contributed by atoms with Gasteiger partial charge in [0.15, 0.2) is 5.65 Å². The fourth-order valence-corrected chi connectivity index (χ4v) is 2.65. The number of nitrogens with one attached hydrogen (secondary N) is 1. The van der Waals surface area contributed by atoms with Crippen molar-refractivity contribution in [1.82, 2.24) is 19.1 Å². The molecule has 120 valence electrons. The van der Waals surface area contributed by atoms with Gasteiger partial charge in [-0.1, -0.05) is 18.5 Å². The van der Waals surface area contributed by atoms with Crippen LogP contribution < -0.4 is 16.0 Å². The van der Waals surface area contributed by atoms with Crippen molar-refractivity contribution in [2.24, 2.45) is 7.05 Å². The molecule has 0 fully saturated rings. The quantitative estimate of drug-likeness (QED) is 0.789. The number of benzene rings is 1. The summed E-state index contributed by atoms with van der Waals surface area (Å²) in [6, 6.07) is 4.96. The second-order valence-corrected chi connectivity index (χ2v) is 5.44. The average Bonchev–Trinajstić information content (AvgIpc) is 2.98. The standard InChI is InChI=1S/C15H15ClN4O3/c1-4-11-17-12-13(18-11)20(15(22)19(2)14(12)21)10-6-5-8(23-3)7-9(10)16/h5-7H,4H2,1-3H3,(H,17,18). The number of aromatic amines is 1. The largest absolute Gasteiger partial charge is 0.497 e. The third-order valence-corrected chi connectivity index (χ3v) is 3.98. The van der Waals surface area contributed by atoms with Gasteiger partial charge >= 0.3 is 5.69 Å². The van der Waals surface area contributed by atoms with Gasteiger partial charge in [-0.2, -0.15) is 0 Å². The van der Waals surface area contributed by atoms with Gasteiger partial charge in [0.1, 0.15) is 17.1 Å². The summed E-state index contributed by atoms with van der Waals surface area (Å²) in [4.78, 5) is 32.2. The number of fused-ring (bicyclic) bond motifs is 1. The van der Waals surface area contributed by atoms with Crippen LogP contribution in [0.5, 0.6) is 5.75 Å². The Morgan fingerprint density at radius 3 is 2.70 bits per heavy atom. The highest BCUT2D eigenvalue weighted by atomic mass is 35.5. The minimum absolute atomic E-state index is 0.266. The zero-order valence-electron chi connectivity index (χ0n) is 12.9. The number of aromatic nitrogens is 4. The lowest BCUT2D eigenvalue weighted by Crippen LogP contribution is -2.37. The van der Waals surface area contributed by atoms with Crippen LogP contribution in [0.2, 0.25) is 5.02 Å². The molecule has 1 aromatic carbocycles. The number of H-pyrrole nitrogens is 1. The Balaban J connectivity index is 2.44. The van der Waals surface area contributed by atoms with Gasteiger partial charge in [0, 0.05) is 19.5 Å². The molecule has 0 aliphatic heterocycles. The van der Waals surface area contributed by atoms with E-state index in [4.69, 9.17) is 16.3 Å². The highest BCUT2D eigenvalue weighted by molar-refractivity contribution is 6.32. The lowest BCUT2D eigenvalue weighted by Gasteiger charge is -2.11. The maximum atomic E-state index is 12.6. The molecule has 8 heteroatoms. The lowest BCUT2D eigenvalue weighted by molar-refractivity contribution is 0.415. The van der Waals surface area contributed by atoms with Crippen molar-refractivity contribution >= 4 is 22.8 Å². The van der Waals surface area contributed by atoms with E-state index < -0.39 is 11.2 Å². The van der Waals surface area contributed by atoms with E-state index in [-0.39, 0.29) is 11.2 Å². The number of aryl methyl sites for hydroxylation is 1. The predicted molar refractivity (Wildman–Crippen MR) is 87.9 cm³/mol. The molecule has 0 aliphatic rings. The van der Waals surface area contributed by atoms with Crippen molar-refractivity contribution in [3.8, 4) is 11.4 Å². The van der Waals surface area contributed by atoms with E-state index in [1.807, 2.05) is 6.92 Å².